The molecule has 5 heteroatoms. The highest BCUT2D eigenvalue weighted by molar-refractivity contribution is 6.32. The number of rotatable bonds is 3. The smallest absolute Gasteiger partial charge is 0.138 e. The molecular formula is C21H22ClN3O. The van der Waals surface area contributed by atoms with E-state index >= 15 is 0 Å². The van der Waals surface area contributed by atoms with Gasteiger partial charge in [0.15, 0.2) is 0 Å². The van der Waals surface area contributed by atoms with E-state index in [1.807, 2.05) is 12.1 Å². The van der Waals surface area contributed by atoms with E-state index in [1.54, 1.807) is 7.11 Å². The van der Waals surface area contributed by atoms with E-state index in [9.17, 15) is 0 Å². The molecule has 4 rings (SSSR count). The van der Waals surface area contributed by atoms with Gasteiger partial charge >= 0.3 is 0 Å². The summed E-state index contributed by atoms with van der Waals surface area (Å²) >= 11 is 6.28. The van der Waals surface area contributed by atoms with Gasteiger partial charge in [0.1, 0.15) is 11.6 Å². The molecule has 2 aromatic carbocycles. The lowest BCUT2D eigenvalue weighted by atomic mass is 9.87. The number of methoxy groups -OCH3 is 1. The highest BCUT2D eigenvalue weighted by Gasteiger charge is 2.35. The summed E-state index contributed by atoms with van der Waals surface area (Å²) in [6.45, 7) is 10.4. The minimum atomic E-state index is 0.122. The third-order valence-electron chi connectivity index (χ3n) is 5.05. The summed E-state index contributed by atoms with van der Waals surface area (Å²) in [4.78, 5) is 7.14. The largest absolute Gasteiger partial charge is 0.495 e. The maximum Gasteiger partial charge on any atom is 0.138 e. The molecule has 0 bridgehead atoms. The van der Waals surface area contributed by atoms with Crippen LogP contribution in [-0.4, -0.2) is 26.0 Å². The van der Waals surface area contributed by atoms with Gasteiger partial charge in [-0.05, 0) is 23.8 Å². The third kappa shape index (κ3) is 2.74. The van der Waals surface area contributed by atoms with Gasteiger partial charge in [-0.2, -0.15) is 0 Å². The zero-order chi connectivity index (χ0) is 18.5. The molecule has 0 fully saturated rings. The summed E-state index contributed by atoms with van der Waals surface area (Å²) in [7, 11) is 1.61. The van der Waals surface area contributed by atoms with Crippen molar-refractivity contribution in [3.05, 3.63) is 59.1 Å². The van der Waals surface area contributed by atoms with E-state index in [-0.39, 0.29) is 5.41 Å². The lowest BCUT2D eigenvalue weighted by Crippen LogP contribution is -2.39. The second-order valence-corrected chi connectivity index (χ2v) is 7.83. The molecule has 2 heterocycles. The number of fused-ring (bicyclic) bond motifs is 2. The molecule has 4 nitrogen and oxygen atoms in total. The number of nitrogens with zero attached hydrogens (tertiary/aromatic N) is 2. The second kappa shape index (κ2) is 6.06. The van der Waals surface area contributed by atoms with Crippen LogP contribution in [0, 0.1) is 0 Å². The van der Waals surface area contributed by atoms with Crippen LogP contribution in [0.15, 0.2) is 48.0 Å². The van der Waals surface area contributed by atoms with E-state index in [2.05, 4.69) is 54.9 Å². The summed E-state index contributed by atoms with van der Waals surface area (Å²) in [6.07, 6.45) is 0. The molecule has 0 aliphatic carbocycles. The summed E-state index contributed by atoms with van der Waals surface area (Å²) in [5.74, 6) is 1.50. The monoisotopic (exact) mass is 367 g/mol. The Hall–Kier alpha value is -2.46. The van der Waals surface area contributed by atoms with Gasteiger partial charge in [0.05, 0.1) is 24.4 Å². The van der Waals surface area contributed by atoms with Crippen LogP contribution in [0.2, 0.25) is 5.02 Å². The number of ether oxygens (including phenoxy) is 1. The summed E-state index contributed by atoms with van der Waals surface area (Å²) in [5.41, 5.74) is 5.32. The van der Waals surface area contributed by atoms with Crippen molar-refractivity contribution in [2.45, 2.75) is 19.3 Å². The Bertz CT molecular complexity index is 933. The average Bonchev–Trinajstić information content (AvgIpc) is 2.85. The Kier molecular flexibility index (Phi) is 3.96. The van der Waals surface area contributed by atoms with E-state index < -0.39 is 0 Å². The zero-order valence-electron chi connectivity index (χ0n) is 15.3. The molecule has 2 aliphatic rings. The highest BCUT2D eigenvalue weighted by atomic mass is 35.5. The number of para-hydroxylation sites is 1. The molecule has 0 atom stereocenters. The summed E-state index contributed by atoms with van der Waals surface area (Å²) in [6, 6.07) is 12.3. The number of aliphatic imine (C=N–C) groups is 1. The average molecular weight is 368 g/mol. The van der Waals surface area contributed by atoms with Crippen molar-refractivity contribution in [1.29, 1.82) is 0 Å². The van der Waals surface area contributed by atoms with Gasteiger partial charge < -0.3 is 15.0 Å². The van der Waals surface area contributed by atoms with Crippen molar-refractivity contribution in [2.24, 2.45) is 4.99 Å². The van der Waals surface area contributed by atoms with Crippen molar-refractivity contribution in [3.8, 4) is 5.75 Å². The van der Waals surface area contributed by atoms with E-state index in [0.29, 0.717) is 17.3 Å². The van der Waals surface area contributed by atoms with Crippen molar-refractivity contribution < 1.29 is 4.74 Å². The predicted molar refractivity (Wildman–Crippen MR) is 109 cm³/mol. The fourth-order valence-electron chi connectivity index (χ4n) is 3.81. The van der Waals surface area contributed by atoms with E-state index in [1.165, 1.54) is 11.3 Å². The Morgan fingerprint density at radius 1 is 1.31 bits per heavy atom. The van der Waals surface area contributed by atoms with Crippen LogP contribution in [0.1, 0.15) is 25.0 Å². The highest BCUT2D eigenvalue weighted by Crippen LogP contribution is 2.41. The van der Waals surface area contributed by atoms with Crippen molar-refractivity contribution in [2.75, 3.05) is 25.1 Å². The normalized spacial score (nSPS) is 17.3. The maximum absolute atomic E-state index is 6.28. The van der Waals surface area contributed by atoms with Crippen molar-refractivity contribution in [3.63, 3.8) is 0 Å². The second-order valence-electron chi connectivity index (χ2n) is 7.42. The lowest BCUT2D eigenvalue weighted by molar-refractivity contribution is 0.415. The van der Waals surface area contributed by atoms with Gasteiger partial charge in [-0.25, -0.2) is 4.99 Å². The van der Waals surface area contributed by atoms with Gasteiger partial charge in [-0.3, -0.25) is 0 Å². The first-order valence-electron chi connectivity index (χ1n) is 8.65. The standard InChI is InChI=1S/C21H22ClN3O/c1-13-14-9-19(26-4)16(22)10-17(14)24-20(23-13)11-25-12-21(2,3)15-7-5-6-8-18(15)25/h5-10H,1,11-12H2,2-4H3,(H,23,24). The minimum Gasteiger partial charge on any atom is -0.495 e. The molecule has 0 unspecified atom stereocenters. The molecule has 2 aliphatic heterocycles. The van der Waals surface area contributed by atoms with Crippen LogP contribution in [0.3, 0.4) is 0 Å². The number of hydrogen-bond donors (Lipinski definition) is 1. The van der Waals surface area contributed by atoms with Gasteiger partial charge in [-0.15, -0.1) is 0 Å². The minimum absolute atomic E-state index is 0.122. The first-order chi connectivity index (χ1) is 12.4. The number of hydrogen-bond acceptors (Lipinski definition) is 4. The molecule has 0 saturated heterocycles. The molecule has 0 spiro atoms. The van der Waals surface area contributed by atoms with Gasteiger partial charge in [0.25, 0.3) is 0 Å². The molecule has 0 aromatic heterocycles. The SMILES string of the molecule is C=C1NC(CN2CC(C)(C)c3ccccc32)=Nc2cc(Cl)c(OC)cc21. The molecule has 0 saturated carbocycles. The van der Waals surface area contributed by atoms with Crippen LogP contribution in [0.25, 0.3) is 5.70 Å². The summed E-state index contributed by atoms with van der Waals surface area (Å²) < 4.78 is 5.30. The molecule has 26 heavy (non-hydrogen) atoms. The lowest BCUT2D eigenvalue weighted by Gasteiger charge is -2.26. The quantitative estimate of drug-likeness (QED) is 0.850. The first-order valence-corrected chi connectivity index (χ1v) is 9.03. The Labute approximate surface area is 159 Å². The Morgan fingerprint density at radius 2 is 2.08 bits per heavy atom. The van der Waals surface area contributed by atoms with Gasteiger partial charge in [0, 0.05) is 28.9 Å². The van der Waals surface area contributed by atoms with Crippen LogP contribution in [0.5, 0.6) is 5.75 Å². The predicted octanol–water partition coefficient (Wildman–Crippen LogP) is 4.75. The number of anilines is 1. The van der Waals surface area contributed by atoms with Crippen LogP contribution < -0.4 is 15.0 Å². The molecule has 0 amide bonds. The number of amidine groups is 1. The first kappa shape index (κ1) is 17.0. The summed E-state index contributed by atoms with van der Waals surface area (Å²) in [5, 5.41) is 3.90. The topological polar surface area (TPSA) is 36.9 Å². The Balaban J connectivity index is 1.66. The van der Waals surface area contributed by atoms with Crippen molar-refractivity contribution >= 4 is 34.5 Å². The molecule has 0 radical (unpaired) electrons. The number of nitrogens with one attached hydrogen (secondary N) is 1. The number of halogens is 1. The molecule has 134 valence electrons. The Morgan fingerprint density at radius 3 is 2.85 bits per heavy atom. The maximum atomic E-state index is 6.28. The van der Waals surface area contributed by atoms with Crippen molar-refractivity contribution in [1.82, 2.24) is 5.32 Å². The van der Waals surface area contributed by atoms with Gasteiger partial charge in [0.2, 0.25) is 0 Å². The molecule has 2 aromatic rings. The van der Waals surface area contributed by atoms with E-state index in [4.69, 9.17) is 21.3 Å². The fourth-order valence-corrected chi connectivity index (χ4v) is 4.05. The molecule has 1 N–H and O–H groups in total. The molecular weight excluding hydrogens is 346 g/mol. The van der Waals surface area contributed by atoms with E-state index in [0.717, 1.165) is 29.3 Å². The fraction of sp³-hybridized carbons (Fsp3) is 0.286. The van der Waals surface area contributed by atoms with Crippen LogP contribution in [-0.2, 0) is 5.41 Å². The van der Waals surface area contributed by atoms with Crippen LogP contribution >= 0.6 is 11.6 Å². The van der Waals surface area contributed by atoms with Gasteiger partial charge in [-0.1, -0.05) is 50.2 Å². The van der Waals surface area contributed by atoms with Crippen LogP contribution in [0.4, 0.5) is 11.4 Å². The third-order valence-corrected chi connectivity index (χ3v) is 5.34. The zero-order valence-corrected chi connectivity index (χ0v) is 16.0. The number of benzene rings is 2.